The zero-order valence-corrected chi connectivity index (χ0v) is 19.5. The molecule has 2 aromatic carbocycles. The zero-order chi connectivity index (χ0) is 24.2. The molecule has 0 atom stereocenters. The van der Waals surface area contributed by atoms with Crippen LogP contribution in [-0.4, -0.2) is 19.9 Å². The fourth-order valence-corrected chi connectivity index (χ4v) is 4.13. The van der Waals surface area contributed by atoms with Crippen LogP contribution in [0.15, 0.2) is 134 Å². The van der Waals surface area contributed by atoms with E-state index in [0.717, 1.165) is 56.4 Å². The van der Waals surface area contributed by atoms with Gasteiger partial charge in [0, 0.05) is 34.6 Å². The van der Waals surface area contributed by atoms with Crippen LogP contribution in [0.4, 0.5) is 0 Å². The molecular weight excluding hydrogens is 440 g/mol. The summed E-state index contributed by atoms with van der Waals surface area (Å²) in [6.07, 6.45) is 3.74. The minimum atomic E-state index is 0.836. The Bertz CT molecular complexity index is 1470. The molecule has 0 spiro atoms. The molecule has 0 saturated heterocycles. The van der Waals surface area contributed by atoms with Crippen molar-refractivity contribution < 1.29 is 0 Å². The topological polar surface area (TPSA) is 51.6 Å². The van der Waals surface area contributed by atoms with E-state index in [9.17, 15) is 0 Å². The van der Waals surface area contributed by atoms with Crippen molar-refractivity contribution in [2.45, 2.75) is 0 Å². The van der Waals surface area contributed by atoms with E-state index in [1.165, 1.54) is 0 Å². The summed E-state index contributed by atoms with van der Waals surface area (Å²) in [6.45, 7) is 0. The number of hydrogen-bond donors (Lipinski definition) is 0. The maximum Gasteiger partial charge on any atom is 0.0893 e. The van der Waals surface area contributed by atoms with Crippen molar-refractivity contribution in [1.82, 2.24) is 19.9 Å². The monoisotopic (exact) mass is 462 g/mol. The zero-order valence-electron chi connectivity index (χ0n) is 19.5. The average molecular weight is 463 g/mol. The molecule has 4 nitrogen and oxygen atoms in total. The quantitative estimate of drug-likeness (QED) is 0.265. The second kappa shape index (κ2) is 9.72. The second-order valence-electron chi connectivity index (χ2n) is 8.41. The Labute approximate surface area is 210 Å². The van der Waals surface area contributed by atoms with Gasteiger partial charge in [-0.1, -0.05) is 84.9 Å². The lowest BCUT2D eigenvalue weighted by Gasteiger charge is -2.07. The lowest BCUT2D eigenvalue weighted by Crippen LogP contribution is -1.92. The summed E-state index contributed by atoms with van der Waals surface area (Å²) in [5.74, 6) is 0. The van der Waals surface area contributed by atoms with Crippen molar-refractivity contribution in [3.8, 4) is 56.4 Å². The predicted molar refractivity (Wildman–Crippen MR) is 145 cm³/mol. The summed E-state index contributed by atoms with van der Waals surface area (Å²) < 4.78 is 0. The molecule has 6 aromatic rings. The SMILES string of the molecule is c1ccc(-c2cccc(-c3ccc(-c4ccc(-c5cccc(-c6ccccc6)n5)nc4)cn3)n2)cc1. The van der Waals surface area contributed by atoms with Gasteiger partial charge in [-0.25, -0.2) is 9.97 Å². The van der Waals surface area contributed by atoms with Crippen molar-refractivity contribution in [3.05, 3.63) is 134 Å². The van der Waals surface area contributed by atoms with Crippen molar-refractivity contribution in [3.63, 3.8) is 0 Å². The first-order chi connectivity index (χ1) is 17.8. The number of hydrogen-bond acceptors (Lipinski definition) is 4. The highest BCUT2D eigenvalue weighted by atomic mass is 14.8. The van der Waals surface area contributed by atoms with Crippen LogP contribution in [0.2, 0.25) is 0 Å². The smallest absolute Gasteiger partial charge is 0.0893 e. The summed E-state index contributed by atoms with van der Waals surface area (Å²) in [7, 11) is 0. The molecule has 4 heteroatoms. The first-order valence-electron chi connectivity index (χ1n) is 11.8. The van der Waals surface area contributed by atoms with Crippen LogP contribution in [0.5, 0.6) is 0 Å². The fraction of sp³-hybridized carbons (Fsp3) is 0. The Balaban J connectivity index is 1.23. The molecule has 0 fully saturated rings. The molecule has 0 radical (unpaired) electrons. The Morgan fingerprint density at radius 2 is 0.694 bits per heavy atom. The van der Waals surface area contributed by atoms with Gasteiger partial charge in [0.15, 0.2) is 0 Å². The van der Waals surface area contributed by atoms with Gasteiger partial charge in [-0.05, 0) is 36.4 Å². The van der Waals surface area contributed by atoms with Crippen molar-refractivity contribution in [2.75, 3.05) is 0 Å². The van der Waals surface area contributed by atoms with Gasteiger partial charge in [-0.3, -0.25) is 9.97 Å². The van der Waals surface area contributed by atoms with Gasteiger partial charge in [0.2, 0.25) is 0 Å². The largest absolute Gasteiger partial charge is 0.254 e. The molecule has 0 unspecified atom stereocenters. The van der Waals surface area contributed by atoms with E-state index in [-0.39, 0.29) is 0 Å². The summed E-state index contributed by atoms with van der Waals surface area (Å²) in [5.41, 5.74) is 9.42. The van der Waals surface area contributed by atoms with Crippen LogP contribution < -0.4 is 0 Å². The molecule has 0 saturated carbocycles. The molecule has 6 rings (SSSR count). The fourth-order valence-electron chi connectivity index (χ4n) is 4.13. The first-order valence-corrected chi connectivity index (χ1v) is 11.8. The molecule has 0 aliphatic carbocycles. The second-order valence-corrected chi connectivity index (χ2v) is 8.41. The van der Waals surface area contributed by atoms with Crippen LogP contribution in [0.25, 0.3) is 56.4 Å². The highest BCUT2D eigenvalue weighted by Crippen LogP contribution is 2.26. The summed E-state index contributed by atoms with van der Waals surface area (Å²) >= 11 is 0. The van der Waals surface area contributed by atoms with Crippen molar-refractivity contribution >= 4 is 0 Å². The number of nitrogens with zero attached hydrogens (tertiary/aromatic N) is 4. The minimum Gasteiger partial charge on any atom is -0.254 e. The molecule has 0 bridgehead atoms. The normalized spacial score (nSPS) is 10.8. The van der Waals surface area contributed by atoms with E-state index in [1.807, 2.05) is 97.3 Å². The highest BCUT2D eigenvalue weighted by Gasteiger charge is 2.08. The number of aromatic nitrogens is 4. The summed E-state index contributed by atoms with van der Waals surface area (Å²) in [5, 5.41) is 0. The van der Waals surface area contributed by atoms with E-state index in [2.05, 4.69) is 46.4 Å². The Kier molecular flexibility index (Phi) is 5.83. The number of pyridine rings is 4. The predicted octanol–water partition coefficient (Wildman–Crippen LogP) is 7.60. The van der Waals surface area contributed by atoms with Gasteiger partial charge >= 0.3 is 0 Å². The van der Waals surface area contributed by atoms with Crippen molar-refractivity contribution in [2.24, 2.45) is 0 Å². The van der Waals surface area contributed by atoms with Crippen LogP contribution >= 0.6 is 0 Å². The molecule has 36 heavy (non-hydrogen) atoms. The Hall–Kier alpha value is -4.96. The highest BCUT2D eigenvalue weighted by molar-refractivity contribution is 5.69. The van der Waals surface area contributed by atoms with Gasteiger partial charge in [0.1, 0.15) is 0 Å². The van der Waals surface area contributed by atoms with Gasteiger partial charge < -0.3 is 0 Å². The van der Waals surface area contributed by atoms with E-state index in [4.69, 9.17) is 9.97 Å². The van der Waals surface area contributed by atoms with E-state index < -0.39 is 0 Å². The molecular formula is C32H22N4. The van der Waals surface area contributed by atoms with Gasteiger partial charge in [-0.15, -0.1) is 0 Å². The summed E-state index contributed by atoms with van der Waals surface area (Å²) in [4.78, 5) is 19.0. The Morgan fingerprint density at radius 3 is 1.08 bits per heavy atom. The van der Waals surface area contributed by atoms with Crippen LogP contribution in [0, 0.1) is 0 Å². The van der Waals surface area contributed by atoms with Crippen LogP contribution in [-0.2, 0) is 0 Å². The average Bonchev–Trinajstić information content (AvgIpc) is 2.98. The number of rotatable bonds is 5. The molecule has 0 aliphatic heterocycles. The third kappa shape index (κ3) is 4.52. The standard InChI is InChI=1S/C32H22N4/c1-3-9-23(10-4-1)27-13-7-15-31(35-27)29-19-17-25(21-33-29)26-18-20-30(34-22-26)32-16-8-14-28(36-32)24-11-5-2-6-12-24/h1-22H. The minimum absolute atomic E-state index is 0.836. The molecule has 0 aliphatic rings. The molecule has 4 heterocycles. The van der Waals surface area contributed by atoms with E-state index >= 15 is 0 Å². The lowest BCUT2D eigenvalue weighted by atomic mass is 10.1. The molecule has 0 amide bonds. The maximum atomic E-state index is 4.81. The third-order valence-electron chi connectivity index (χ3n) is 6.02. The van der Waals surface area contributed by atoms with E-state index in [1.54, 1.807) is 0 Å². The number of benzene rings is 2. The van der Waals surface area contributed by atoms with Crippen molar-refractivity contribution in [1.29, 1.82) is 0 Å². The van der Waals surface area contributed by atoms with Gasteiger partial charge in [0.25, 0.3) is 0 Å². The summed E-state index contributed by atoms with van der Waals surface area (Å²) in [6, 6.07) is 40.5. The lowest BCUT2D eigenvalue weighted by molar-refractivity contribution is 1.23. The van der Waals surface area contributed by atoms with Crippen LogP contribution in [0.1, 0.15) is 0 Å². The first kappa shape index (κ1) is 21.6. The van der Waals surface area contributed by atoms with Gasteiger partial charge in [-0.2, -0.15) is 0 Å². The van der Waals surface area contributed by atoms with Gasteiger partial charge in [0.05, 0.1) is 34.2 Å². The Morgan fingerprint density at radius 1 is 0.278 bits per heavy atom. The van der Waals surface area contributed by atoms with Crippen LogP contribution in [0.3, 0.4) is 0 Å². The maximum absolute atomic E-state index is 4.81. The van der Waals surface area contributed by atoms with E-state index in [0.29, 0.717) is 0 Å². The molecule has 4 aromatic heterocycles. The third-order valence-corrected chi connectivity index (χ3v) is 6.02. The molecule has 0 N–H and O–H groups in total. The molecule has 170 valence electrons.